The van der Waals surface area contributed by atoms with Gasteiger partial charge in [0.15, 0.2) is 0 Å². The molecule has 0 N–H and O–H groups in total. The fourth-order valence-electron chi connectivity index (χ4n) is 6.60. The number of alkyl halides is 3. The fraction of sp³-hybridized carbons (Fsp3) is 0.364. The number of imidazole rings is 1. The van der Waals surface area contributed by atoms with Gasteiger partial charge in [0.2, 0.25) is 0 Å². The molecule has 9 nitrogen and oxygen atoms in total. The second-order valence-corrected chi connectivity index (χ2v) is 11.5. The van der Waals surface area contributed by atoms with Gasteiger partial charge in [-0.2, -0.15) is 13.2 Å². The van der Waals surface area contributed by atoms with Crippen LogP contribution in [-0.4, -0.2) is 61.1 Å². The maximum absolute atomic E-state index is 14.5. The standard InChI is InChI=1S/C33H29F4N3O6/c1-43-29(41)13-19-16-45-28-15-21(6-7-22(19)28)39(32(42)33(35,36)37)27-17-46-30-23(27)3-2-4-25(30)40-26-14-20(34)5-8-24(26)38-31(40)18-9-11-44-12-10-18/h2-8,14-15,18-19,27H,9-13,16-17H2,1H3/t19-,27-/m1/s1. The third-order valence-electron chi connectivity index (χ3n) is 8.81. The smallest absolute Gasteiger partial charge is 0.471 e. The summed E-state index contributed by atoms with van der Waals surface area (Å²) >= 11 is 0. The van der Waals surface area contributed by atoms with E-state index in [9.17, 15) is 27.2 Å². The molecule has 1 saturated heterocycles. The second kappa shape index (κ2) is 11.6. The van der Waals surface area contributed by atoms with E-state index in [0.29, 0.717) is 64.6 Å². The summed E-state index contributed by atoms with van der Waals surface area (Å²) in [6.07, 6.45) is -3.76. The highest BCUT2D eigenvalue weighted by Gasteiger charge is 2.48. The van der Waals surface area contributed by atoms with Gasteiger partial charge in [0, 0.05) is 54.0 Å². The first-order valence-electron chi connectivity index (χ1n) is 14.9. The zero-order chi connectivity index (χ0) is 32.2. The lowest BCUT2D eigenvalue weighted by molar-refractivity contribution is -0.171. The van der Waals surface area contributed by atoms with Crippen LogP contribution < -0.4 is 14.4 Å². The van der Waals surface area contributed by atoms with Gasteiger partial charge in [-0.25, -0.2) is 9.37 Å². The van der Waals surface area contributed by atoms with E-state index in [4.69, 9.17) is 23.9 Å². The van der Waals surface area contributed by atoms with Crippen LogP contribution in [0.4, 0.5) is 23.2 Å². The molecule has 1 amide bonds. The first-order valence-corrected chi connectivity index (χ1v) is 14.9. The van der Waals surface area contributed by atoms with Crippen molar-refractivity contribution >= 4 is 28.6 Å². The summed E-state index contributed by atoms with van der Waals surface area (Å²) in [5, 5.41) is 0. The highest BCUT2D eigenvalue weighted by molar-refractivity contribution is 5.98. The van der Waals surface area contributed by atoms with Crippen molar-refractivity contribution in [1.82, 2.24) is 9.55 Å². The molecule has 13 heteroatoms. The summed E-state index contributed by atoms with van der Waals surface area (Å²) in [6, 6.07) is 12.6. The number of ether oxygens (including phenoxy) is 4. The molecule has 240 valence electrons. The molecule has 3 aliphatic rings. The predicted octanol–water partition coefficient (Wildman–Crippen LogP) is 6.13. The van der Waals surface area contributed by atoms with Gasteiger partial charge < -0.3 is 18.9 Å². The van der Waals surface area contributed by atoms with Crippen molar-refractivity contribution in [3.05, 3.63) is 77.4 Å². The number of anilines is 1. The number of fused-ring (bicyclic) bond motifs is 3. The summed E-state index contributed by atoms with van der Waals surface area (Å²) in [5.74, 6) is -2.08. The van der Waals surface area contributed by atoms with E-state index >= 15 is 0 Å². The van der Waals surface area contributed by atoms with Crippen LogP contribution in [0.3, 0.4) is 0 Å². The van der Waals surface area contributed by atoms with Gasteiger partial charge in [0.05, 0.1) is 42.9 Å². The quantitative estimate of drug-likeness (QED) is 0.185. The lowest BCUT2D eigenvalue weighted by Gasteiger charge is -2.29. The van der Waals surface area contributed by atoms with E-state index in [1.54, 1.807) is 34.9 Å². The Balaban J connectivity index is 1.32. The van der Waals surface area contributed by atoms with Crippen LogP contribution in [0.2, 0.25) is 0 Å². The maximum atomic E-state index is 14.5. The molecule has 2 atom stereocenters. The van der Waals surface area contributed by atoms with Gasteiger partial charge in [0.1, 0.15) is 29.7 Å². The molecule has 0 bridgehead atoms. The Hall–Kier alpha value is -4.65. The average Bonchev–Trinajstić information content (AvgIpc) is 3.76. The molecular formula is C33H29F4N3O6. The number of hydrogen-bond acceptors (Lipinski definition) is 7. The van der Waals surface area contributed by atoms with Gasteiger partial charge in [-0.1, -0.05) is 18.2 Å². The zero-order valence-corrected chi connectivity index (χ0v) is 24.7. The first-order chi connectivity index (χ1) is 22.1. The van der Waals surface area contributed by atoms with Gasteiger partial charge in [-0.15, -0.1) is 0 Å². The van der Waals surface area contributed by atoms with Crippen molar-refractivity contribution in [2.75, 3.05) is 38.4 Å². The number of rotatable bonds is 6. The van der Waals surface area contributed by atoms with Crippen molar-refractivity contribution in [1.29, 1.82) is 0 Å². The minimum absolute atomic E-state index is 0.00463. The van der Waals surface area contributed by atoms with Gasteiger partial charge in [-0.05, 0) is 37.1 Å². The van der Waals surface area contributed by atoms with Gasteiger partial charge in [0.25, 0.3) is 0 Å². The van der Waals surface area contributed by atoms with Gasteiger partial charge in [-0.3, -0.25) is 19.1 Å². The Morgan fingerprint density at radius 3 is 2.59 bits per heavy atom. The molecule has 1 aromatic heterocycles. The van der Waals surface area contributed by atoms with Crippen LogP contribution >= 0.6 is 0 Å². The molecule has 7 rings (SSSR count). The number of amides is 1. The van der Waals surface area contributed by atoms with Crippen LogP contribution in [0.25, 0.3) is 16.7 Å². The summed E-state index contributed by atoms with van der Waals surface area (Å²) < 4.78 is 80.9. The Morgan fingerprint density at radius 1 is 1.02 bits per heavy atom. The van der Waals surface area contributed by atoms with Crippen molar-refractivity contribution in [2.45, 2.75) is 43.3 Å². The highest BCUT2D eigenvalue weighted by Crippen LogP contribution is 2.47. The molecule has 0 aliphatic carbocycles. The lowest BCUT2D eigenvalue weighted by Crippen LogP contribution is -2.44. The number of benzene rings is 3. The summed E-state index contributed by atoms with van der Waals surface area (Å²) in [6.45, 7) is 0.964. The number of carbonyl (C=O) groups excluding carboxylic acids is 2. The van der Waals surface area contributed by atoms with E-state index in [0.717, 1.165) is 0 Å². The number of esters is 1. The van der Waals surface area contributed by atoms with E-state index in [1.807, 2.05) is 0 Å². The maximum Gasteiger partial charge on any atom is 0.471 e. The van der Waals surface area contributed by atoms with Crippen LogP contribution in [0, 0.1) is 5.82 Å². The second-order valence-electron chi connectivity index (χ2n) is 11.5. The molecular weight excluding hydrogens is 610 g/mol. The monoisotopic (exact) mass is 639 g/mol. The fourth-order valence-corrected chi connectivity index (χ4v) is 6.60. The Morgan fingerprint density at radius 2 is 1.83 bits per heavy atom. The summed E-state index contributed by atoms with van der Waals surface area (Å²) in [5.41, 5.74) is 2.49. The number of nitrogens with zero attached hydrogens (tertiary/aromatic N) is 3. The van der Waals surface area contributed by atoms with Crippen molar-refractivity contribution in [3.63, 3.8) is 0 Å². The van der Waals surface area contributed by atoms with Crippen LogP contribution in [-0.2, 0) is 19.1 Å². The molecule has 4 aromatic rings. The van der Waals surface area contributed by atoms with Gasteiger partial charge >= 0.3 is 18.1 Å². The third-order valence-corrected chi connectivity index (χ3v) is 8.81. The van der Waals surface area contributed by atoms with E-state index in [2.05, 4.69) is 0 Å². The average molecular weight is 640 g/mol. The van der Waals surface area contributed by atoms with Crippen LogP contribution in [0.15, 0.2) is 54.6 Å². The molecule has 3 aliphatic heterocycles. The number of carbonyl (C=O) groups is 2. The topological polar surface area (TPSA) is 92.1 Å². The first kappa shape index (κ1) is 30.0. The van der Waals surface area contributed by atoms with Crippen molar-refractivity contribution < 1.29 is 46.1 Å². The lowest BCUT2D eigenvalue weighted by atomic mass is 9.97. The molecule has 4 heterocycles. The minimum atomic E-state index is -5.19. The molecule has 0 saturated carbocycles. The van der Waals surface area contributed by atoms with Crippen molar-refractivity contribution in [2.24, 2.45) is 0 Å². The van der Waals surface area contributed by atoms with Crippen molar-refractivity contribution in [3.8, 4) is 17.2 Å². The van der Waals surface area contributed by atoms with Crippen LogP contribution in [0.1, 0.15) is 54.1 Å². The Kier molecular flexibility index (Phi) is 7.58. The SMILES string of the molecule is COC(=O)C[C@@H]1COc2cc(N(C(=O)C(F)(F)F)[C@@H]3COc4c3cccc4-n3c(C4CCOCC4)nc4ccc(F)cc43)ccc21. The molecule has 1 fully saturated rings. The third kappa shape index (κ3) is 5.21. The zero-order valence-electron chi connectivity index (χ0n) is 24.7. The van der Waals surface area contributed by atoms with E-state index in [-0.39, 0.29) is 48.7 Å². The molecule has 0 unspecified atom stereocenters. The Labute approximate surface area is 260 Å². The summed E-state index contributed by atoms with van der Waals surface area (Å²) in [7, 11) is 1.27. The molecule has 3 aromatic carbocycles. The minimum Gasteiger partial charge on any atom is -0.493 e. The van der Waals surface area contributed by atoms with E-state index in [1.165, 1.54) is 31.4 Å². The number of methoxy groups -OCH3 is 1. The largest absolute Gasteiger partial charge is 0.493 e. The van der Waals surface area contributed by atoms with Crippen LogP contribution in [0.5, 0.6) is 11.5 Å². The number of para-hydroxylation sites is 1. The highest BCUT2D eigenvalue weighted by atomic mass is 19.4. The molecule has 46 heavy (non-hydrogen) atoms. The Bertz CT molecular complexity index is 1830. The number of hydrogen-bond donors (Lipinski definition) is 0. The predicted molar refractivity (Wildman–Crippen MR) is 157 cm³/mol. The molecule has 0 spiro atoms. The number of halogens is 4. The normalized spacial score (nSPS) is 19.3. The number of aromatic nitrogens is 2. The summed E-state index contributed by atoms with van der Waals surface area (Å²) in [4.78, 5) is 30.4. The molecule has 0 radical (unpaired) electrons. The van der Waals surface area contributed by atoms with E-state index < -0.39 is 29.9 Å².